The average molecular weight is 549 g/mol. The summed E-state index contributed by atoms with van der Waals surface area (Å²) in [6.45, 7) is -0.339. The molecule has 0 unspecified atom stereocenters. The quantitative estimate of drug-likeness (QED) is 0.267. The Morgan fingerprint density at radius 1 is 0.947 bits per heavy atom. The van der Waals surface area contributed by atoms with Crippen LogP contribution in [-0.2, 0) is 19.1 Å². The summed E-state index contributed by atoms with van der Waals surface area (Å²) < 4.78 is 11.2. The molecule has 0 spiro atoms. The summed E-state index contributed by atoms with van der Waals surface area (Å²) in [5.74, 6) is -0.689. The lowest BCUT2D eigenvalue weighted by molar-refractivity contribution is -0.151. The van der Waals surface area contributed by atoms with Gasteiger partial charge in [-0.15, -0.1) is 0 Å². The zero-order valence-corrected chi connectivity index (χ0v) is 21.5. The van der Waals surface area contributed by atoms with Gasteiger partial charge in [-0.2, -0.15) is 0 Å². The number of carbonyl (C=O) groups excluding carboxylic acids is 3. The number of nitrogens with one attached hydrogen (secondary N) is 1. The van der Waals surface area contributed by atoms with Gasteiger partial charge < -0.3 is 19.7 Å². The SMILES string of the molecule is O=C(COC(=O)[C@@H]1CC(=O)N(c2ccc(Oc3cccc4ccccc34)cc2)C1)Nc1ccc(Cl)cc1Cl. The van der Waals surface area contributed by atoms with E-state index >= 15 is 0 Å². The van der Waals surface area contributed by atoms with E-state index in [-0.39, 0.29) is 23.9 Å². The fourth-order valence-electron chi connectivity index (χ4n) is 4.25. The molecule has 192 valence electrons. The summed E-state index contributed by atoms with van der Waals surface area (Å²) in [7, 11) is 0. The predicted octanol–water partition coefficient (Wildman–Crippen LogP) is 6.47. The summed E-state index contributed by atoms with van der Waals surface area (Å²) in [5, 5.41) is 5.34. The minimum atomic E-state index is -0.680. The van der Waals surface area contributed by atoms with Gasteiger partial charge in [-0.1, -0.05) is 59.6 Å². The van der Waals surface area contributed by atoms with Crippen LogP contribution in [0.5, 0.6) is 11.5 Å². The number of halogens is 2. The minimum Gasteiger partial charge on any atom is -0.457 e. The van der Waals surface area contributed by atoms with Crippen molar-refractivity contribution >= 4 is 63.1 Å². The number of benzene rings is 4. The van der Waals surface area contributed by atoms with Crippen LogP contribution in [0.4, 0.5) is 11.4 Å². The smallest absolute Gasteiger partial charge is 0.311 e. The monoisotopic (exact) mass is 548 g/mol. The largest absolute Gasteiger partial charge is 0.457 e. The van der Waals surface area contributed by atoms with Gasteiger partial charge in [0.2, 0.25) is 5.91 Å². The van der Waals surface area contributed by atoms with Gasteiger partial charge in [-0.05, 0) is 53.9 Å². The fourth-order valence-corrected chi connectivity index (χ4v) is 4.71. The highest BCUT2D eigenvalue weighted by molar-refractivity contribution is 6.36. The second-order valence-corrected chi connectivity index (χ2v) is 9.60. The predicted molar refractivity (Wildman–Crippen MR) is 147 cm³/mol. The minimum absolute atomic E-state index is 0.00226. The molecule has 1 aliphatic rings. The third-order valence-electron chi connectivity index (χ3n) is 6.13. The Kier molecular flexibility index (Phi) is 7.49. The average Bonchev–Trinajstić information content (AvgIpc) is 3.31. The first-order valence-corrected chi connectivity index (χ1v) is 12.6. The lowest BCUT2D eigenvalue weighted by atomic mass is 10.1. The number of anilines is 2. The summed E-state index contributed by atoms with van der Waals surface area (Å²) in [6, 6.07) is 25.5. The van der Waals surface area contributed by atoms with Gasteiger partial charge in [-0.25, -0.2) is 0 Å². The van der Waals surface area contributed by atoms with Gasteiger partial charge in [0.1, 0.15) is 11.5 Å². The zero-order valence-electron chi connectivity index (χ0n) is 20.0. The van der Waals surface area contributed by atoms with Crippen molar-refractivity contribution < 1.29 is 23.9 Å². The number of ether oxygens (including phenoxy) is 2. The maximum absolute atomic E-state index is 12.6. The molecule has 0 aromatic heterocycles. The van der Waals surface area contributed by atoms with Crippen molar-refractivity contribution in [1.29, 1.82) is 0 Å². The van der Waals surface area contributed by atoms with Crippen LogP contribution >= 0.6 is 23.2 Å². The van der Waals surface area contributed by atoms with Gasteiger partial charge in [0.25, 0.3) is 5.91 Å². The van der Waals surface area contributed by atoms with E-state index in [4.69, 9.17) is 32.7 Å². The third kappa shape index (κ3) is 5.74. The number of carbonyl (C=O) groups is 3. The van der Waals surface area contributed by atoms with E-state index in [1.54, 1.807) is 36.4 Å². The molecule has 4 aromatic carbocycles. The number of amides is 2. The first kappa shape index (κ1) is 25.6. The molecule has 0 saturated carbocycles. The molecule has 0 radical (unpaired) electrons. The number of rotatable bonds is 7. The summed E-state index contributed by atoms with van der Waals surface area (Å²) in [6.07, 6.45) is -0.00226. The van der Waals surface area contributed by atoms with E-state index in [0.717, 1.165) is 16.5 Å². The first-order chi connectivity index (χ1) is 18.4. The lowest BCUT2D eigenvalue weighted by Gasteiger charge is -2.17. The van der Waals surface area contributed by atoms with Gasteiger partial charge in [0.05, 0.1) is 16.6 Å². The molecule has 9 heteroatoms. The Labute approximate surface area is 228 Å². The Balaban J connectivity index is 1.16. The summed E-state index contributed by atoms with van der Waals surface area (Å²) >= 11 is 11.9. The Bertz CT molecular complexity index is 1520. The van der Waals surface area contributed by atoms with Crippen molar-refractivity contribution in [1.82, 2.24) is 0 Å². The van der Waals surface area contributed by atoms with Crippen LogP contribution in [0.2, 0.25) is 10.0 Å². The fraction of sp³-hybridized carbons (Fsp3) is 0.138. The topological polar surface area (TPSA) is 84.9 Å². The molecule has 38 heavy (non-hydrogen) atoms. The highest BCUT2D eigenvalue weighted by Crippen LogP contribution is 2.32. The van der Waals surface area contributed by atoms with Crippen LogP contribution in [0, 0.1) is 5.92 Å². The second-order valence-electron chi connectivity index (χ2n) is 8.76. The molecule has 4 aromatic rings. The number of esters is 1. The molecular weight excluding hydrogens is 527 g/mol. The van der Waals surface area contributed by atoms with E-state index < -0.39 is 24.4 Å². The first-order valence-electron chi connectivity index (χ1n) is 11.8. The van der Waals surface area contributed by atoms with Crippen LogP contribution in [-0.4, -0.2) is 30.9 Å². The lowest BCUT2D eigenvalue weighted by Crippen LogP contribution is -2.28. The molecule has 0 aliphatic carbocycles. The van der Waals surface area contributed by atoms with Crippen LogP contribution in [0.15, 0.2) is 84.9 Å². The Hall–Kier alpha value is -4.07. The summed E-state index contributed by atoms with van der Waals surface area (Å²) in [5.41, 5.74) is 0.998. The highest BCUT2D eigenvalue weighted by atomic mass is 35.5. The maximum Gasteiger partial charge on any atom is 0.311 e. The molecule has 1 fully saturated rings. The Morgan fingerprint density at radius 3 is 2.50 bits per heavy atom. The number of nitrogens with zero attached hydrogens (tertiary/aromatic N) is 1. The second kappa shape index (κ2) is 11.1. The molecular formula is C29H22Cl2N2O5. The van der Waals surface area contributed by atoms with Crippen molar-refractivity contribution in [2.75, 3.05) is 23.4 Å². The normalized spacial score (nSPS) is 14.9. The maximum atomic E-state index is 12.6. The van der Waals surface area contributed by atoms with E-state index in [2.05, 4.69) is 5.32 Å². The van der Waals surface area contributed by atoms with E-state index in [9.17, 15) is 14.4 Å². The highest BCUT2D eigenvalue weighted by Gasteiger charge is 2.36. The van der Waals surface area contributed by atoms with E-state index in [1.165, 1.54) is 11.0 Å². The number of hydrogen-bond acceptors (Lipinski definition) is 5. The van der Waals surface area contributed by atoms with E-state index in [0.29, 0.717) is 22.1 Å². The molecule has 7 nitrogen and oxygen atoms in total. The molecule has 0 bridgehead atoms. The van der Waals surface area contributed by atoms with Crippen LogP contribution in [0.25, 0.3) is 10.8 Å². The molecule has 1 N–H and O–H groups in total. The van der Waals surface area contributed by atoms with Gasteiger partial charge >= 0.3 is 5.97 Å². The standard InChI is InChI=1S/C29H22Cl2N2O5/c30-20-8-13-25(24(31)15-20)32-27(34)17-37-29(36)19-14-28(35)33(16-19)21-9-11-22(12-10-21)38-26-7-3-5-18-4-1-2-6-23(18)26/h1-13,15,19H,14,16-17H2,(H,32,34)/t19-/m1/s1. The molecule has 1 saturated heterocycles. The van der Waals surface area contributed by atoms with Crippen molar-refractivity contribution in [2.45, 2.75) is 6.42 Å². The third-order valence-corrected chi connectivity index (χ3v) is 6.68. The molecule has 1 aliphatic heterocycles. The Morgan fingerprint density at radius 2 is 1.71 bits per heavy atom. The van der Waals surface area contributed by atoms with Crippen molar-refractivity contribution in [2.24, 2.45) is 5.92 Å². The van der Waals surface area contributed by atoms with Crippen molar-refractivity contribution in [3.63, 3.8) is 0 Å². The number of hydrogen-bond donors (Lipinski definition) is 1. The van der Waals surface area contributed by atoms with Crippen molar-refractivity contribution in [3.8, 4) is 11.5 Å². The van der Waals surface area contributed by atoms with Gasteiger partial charge in [0.15, 0.2) is 6.61 Å². The van der Waals surface area contributed by atoms with Crippen LogP contribution < -0.4 is 15.0 Å². The van der Waals surface area contributed by atoms with Crippen LogP contribution in [0.1, 0.15) is 6.42 Å². The molecule has 1 heterocycles. The molecule has 1 atom stereocenters. The van der Waals surface area contributed by atoms with Gasteiger partial charge in [0, 0.05) is 29.1 Å². The summed E-state index contributed by atoms with van der Waals surface area (Å²) in [4.78, 5) is 38.9. The van der Waals surface area contributed by atoms with Crippen LogP contribution in [0.3, 0.4) is 0 Å². The molecule has 5 rings (SSSR count). The van der Waals surface area contributed by atoms with Crippen molar-refractivity contribution in [3.05, 3.63) is 95.0 Å². The van der Waals surface area contributed by atoms with Gasteiger partial charge in [-0.3, -0.25) is 14.4 Å². The zero-order chi connectivity index (χ0) is 26.6. The molecule has 2 amide bonds. The number of fused-ring (bicyclic) bond motifs is 1. The van der Waals surface area contributed by atoms with E-state index in [1.807, 2.05) is 42.5 Å².